The van der Waals surface area contributed by atoms with Gasteiger partial charge in [-0.1, -0.05) is 12.1 Å². The fourth-order valence-corrected chi connectivity index (χ4v) is 3.74. The third kappa shape index (κ3) is 6.91. The molecular formula is C23H28N2O4S. The molecule has 0 aliphatic heterocycles. The van der Waals surface area contributed by atoms with Crippen molar-refractivity contribution in [1.29, 1.82) is 0 Å². The maximum Gasteiger partial charge on any atom is 0.243 e. The van der Waals surface area contributed by atoms with E-state index in [0.717, 1.165) is 21.7 Å². The summed E-state index contributed by atoms with van der Waals surface area (Å²) >= 11 is 1.42. The van der Waals surface area contributed by atoms with Crippen LogP contribution in [-0.4, -0.2) is 41.9 Å². The van der Waals surface area contributed by atoms with Crippen LogP contribution in [-0.2, 0) is 14.4 Å². The zero-order chi connectivity index (χ0) is 22.3. The highest BCUT2D eigenvalue weighted by Gasteiger charge is 2.16. The number of thiophene rings is 1. The summed E-state index contributed by atoms with van der Waals surface area (Å²) in [4.78, 5) is 51.6. The fourth-order valence-electron chi connectivity index (χ4n) is 2.90. The minimum Gasteiger partial charge on any atom is -0.336 e. The van der Waals surface area contributed by atoms with Crippen molar-refractivity contribution in [2.75, 3.05) is 18.9 Å². The van der Waals surface area contributed by atoms with Gasteiger partial charge in [0.05, 0.1) is 11.4 Å². The van der Waals surface area contributed by atoms with Crippen molar-refractivity contribution in [2.45, 2.75) is 46.5 Å². The Balaban J connectivity index is 1.73. The van der Waals surface area contributed by atoms with Crippen molar-refractivity contribution in [3.8, 4) is 0 Å². The van der Waals surface area contributed by atoms with Gasteiger partial charge in [0.25, 0.3) is 0 Å². The van der Waals surface area contributed by atoms with Gasteiger partial charge in [0.1, 0.15) is 5.78 Å². The zero-order valence-corrected chi connectivity index (χ0v) is 18.7. The first kappa shape index (κ1) is 23.5. The second-order valence-electron chi connectivity index (χ2n) is 7.42. The lowest BCUT2D eigenvalue weighted by Crippen LogP contribution is -2.35. The molecule has 0 fully saturated rings. The monoisotopic (exact) mass is 428 g/mol. The summed E-state index contributed by atoms with van der Waals surface area (Å²) in [7, 11) is 1.54. The second-order valence-corrected chi connectivity index (χ2v) is 8.71. The molecule has 1 aromatic heterocycles. The van der Waals surface area contributed by atoms with Crippen molar-refractivity contribution in [3.05, 3.63) is 51.2 Å². The van der Waals surface area contributed by atoms with E-state index in [2.05, 4.69) is 5.32 Å². The van der Waals surface area contributed by atoms with Crippen molar-refractivity contribution in [3.63, 3.8) is 0 Å². The first-order valence-electron chi connectivity index (χ1n) is 9.88. The lowest BCUT2D eigenvalue weighted by molar-refractivity contribution is -0.134. The van der Waals surface area contributed by atoms with Crippen molar-refractivity contribution in [2.24, 2.45) is 0 Å². The summed E-state index contributed by atoms with van der Waals surface area (Å²) in [5.74, 6) is -0.742. The third-order valence-electron chi connectivity index (χ3n) is 4.95. The summed E-state index contributed by atoms with van der Waals surface area (Å²) in [5, 5.41) is 2.82. The van der Waals surface area contributed by atoms with E-state index >= 15 is 0 Å². The number of Topliss-reactive ketones (excluding diaryl/α,β-unsaturated/α-hetero) is 2. The molecule has 30 heavy (non-hydrogen) atoms. The number of hydrogen-bond donors (Lipinski definition) is 1. The lowest BCUT2D eigenvalue weighted by Gasteiger charge is -2.17. The number of carbonyl (C=O) groups is 4. The summed E-state index contributed by atoms with van der Waals surface area (Å²) in [6.45, 7) is 5.73. The van der Waals surface area contributed by atoms with Gasteiger partial charge < -0.3 is 10.2 Å². The number of likely N-dealkylation sites (N-methyl/N-ethyl adjacent to an activating group) is 1. The molecule has 160 valence electrons. The number of nitrogens with zero attached hydrogens (tertiary/aromatic N) is 1. The SMILES string of the molecule is Cc1ccc(C(=O)CCC(=O)CCC(=O)N(C)CC(=O)Nc2cccc(C)c2C)s1. The van der Waals surface area contributed by atoms with Gasteiger partial charge in [-0.05, 0) is 50.1 Å². The largest absolute Gasteiger partial charge is 0.336 e. The van der Waals surface area contributed by atoms with Crippen LogP contribution in [0.2, 0.25) is 0 Å². The quantitative estimate of drug-likeness (QED) is 0.578. The number of benzene rings is 1. The Labute approximate surface area is 181 Å². The number of amides is 2. The van der Waals surface area contributed by atoms with Gasteiger partial charge in [-0.25, -0.2) is 0 Å². The van der Waals surface area contributed by atoms with Crippen LogP contribution in [0.4, 0.5) is 5.69 Å². The van der Waals surface area contributed by atoms with E-state index in [1.807, 2.05) is 45.0 Å². The van der Waals surface area contributed by atoms with Crippen LogP contribution in [0.1, 0.15) is 51.4 Å². The molecule has 2 rings (SSSR count). The van der Waals surface area contributed by atoms with Crippen LogP contribution in [0.3, 0.4) is 0 Å². The van der Waals surface area contributed by atoms with Crippen LogP contribution >= 0.6 is 11.3 Å². The van der Waals surface area contributed by atoms with Gasteiger partial charge in [0, 0.05) is 43.3 Å². The Hall–Kier alpha value is -2.80. The van der Waals surface area contributed by atoms with E-state index in [1.54, 1.807) is 6.07 Å². The lowest BCUT2D eigenvalue weighted by atomic mass is 10.1. The molecular weight excluding hydrogens is 400 g/mol. The third-order valence-corrected chi connectivity index (χ3v) is 5.99. The van der Waals surface area contributed by atoms with Gasteiger partial charge in [-0.3, -0.25) is 19.2 Å². The van der Waals surface area contributed by atoms with Crippen LogP contribution in [0.15, 0.2) is 30.3 Å². The molecule has 1 N–H and O–H groups in total. The van der Waals surface area contributed by atoms with Crippen molar-refractivity contribution >= 4 is 40.4 Å². The Morgan fingerprint density at radius 2 is 1.63 bits per heavy atom. The fraction of sp³-hybridized carbons (Fsp3) is 0.391. The number of carbonyl (C=O) groups excluding carboxylic acids is 4. The number of anilines is 1. The maximum atomic E-state index is 12.2. The molecule has 0 atom stereocenters. The molecule has 0 spiro atoms. The molecule has 1 aromatic carbocycles. The normalized spacial score (nSPS) is 10.5. The van der Waals surface area contributed by atoms with Crippen LogP contribution in [0, 0.1) is 20.8 Å². The Morgan fingerprint density at radius 3 is 2.30 bits per heavy atom. The highest BCUT2D eigenvalue weighted by atomic mass is 32.1. The number of hydrogen-bond acceptors (Lipinski definition) is 5. The molecule has 0 aliphatic carbocycles. The standard InChI is InChI=1S/C23H28N2O4S/c1-15-6-5-7-19(17(15)3)24-22(28)14-25(4)23(29)13-10-18(26)9-11-20(27)21-12-8-16(2)30-21/h5-8,12H,9-11,13-14H2,1-4H3,(H,24,28). The first-order valence-corrected chi connectivity index (χ1v) is 10.7. The highest BCUT2D eigenvalue weighted by Crippen LogP contribution is 2.19. The Bertz CT molecular complexity index is 948. The molecule has 2 amide bonds. The van der Waals surface area contributed by atoms with Gasteiger partial charge >= 0.3 is 0 Å². The predicted molar refractivity (Wildman–Crippen MR) is 119 cm³/mol. The van der Waals surface area contributed by atoms with Crippen molar-refractivity contribution in [1.82, 2.24) is 4.90 Å². The average molecular weight is 429 g/mol. The predicted octanol–water partition coefficient (Wildman–Crippen LogP) is 4.08. The maximum absolute atomic E-state index is 12.2. The number of nitrogens with one attached hydrogen (secondary N) is 1. The van der Waals surface area contributed by atoms with E-state index < -0.39 is 0 Å². The number of aryl methyl sites for hydroxylation is 2. The smallest absolute Gasteiger partial charge is 0.243 e. The van der Waals surface area contributed by atoms with Crippen LogP contribution in [0.5, 0.6) is 0 Å². The molecule has 1 heterocycles. The van der Waals surface area contributed by atoms with Gasteiger partial charge in [0.15, 0.2) is 5.78 Å². The topological polar surface area (TPSA) is 83.6 Å². The second kappa shape index (κ2) is 10.8. The molecule has 0 saturated heterocycles. The van der Waals surface area contributed by atoms with Gasteiger partial charge in [0.2, 0.25) is 11.8 Å². The van der Waals surface area contributed by atoms with Crippen molar-refractivity contribution < 1.29 is 19.2 Å². The number of ketones is 2. The summed E-state index contributed by atoms with van der Waals surface area (Å²) in [5.41, 5.74) is 2.78. The molecule has 6 nitrogen and oxygen atoms in total. The summed E-state index contributed by atoms with van der Waals surface area (Å²) in [6, 6.07) is 9.30. The Morgan fingerprint density at radius 1 is 0.933 bits per heavy atom. The van der Waals surface area contributed by atoms with E-state index in [1.165, 1.54) is 23.3 Å². The molecule has 0 bridgehead atoms. The minimum atomic E-state index is -0.289. The van der Waals surface area contributed by atoms with Crippen LogP contribution < -0.4 is 5.32 Å². The highest BCUT2D eigenvalue weighted by molar-refractivity contribution is 7.14. The minimum absolute atomic E-state index is 0.0262. The number of rotatable bonds is 10. The van der Waals surface area contributed by atoms with Crippen LogP contribution in [0.25, 0.3) is 0 Å². The molecule has 7 heteroatoms. The van der Waals surface area contributed by atoms with Gasteiger partial charge in [-0.15, -0.1) is 11.3 Å². The first-order chi connectivity index (χ1) is 14.2. The zero-order valence-electron chi connectivity index (χ0n) is 17.9. The molecule has 2 aromatic rings. The molecule has 0 radical (unpaired) electrons. The van der Waals surface area contributed by atoms with Gasteiger partial charge in [-0.2, -0.15) is 0 Å². The summed E-state index contributed by atoms with van der Waals surface area (Å²) in [6.07, 6.45) is 0.373. The van der Waals surface area contributed by atoms with E-state index in [4.69, 9.17) is 0 Å². The van der Waals surface area contributed by atoms with E-state index in [9.17, 15) is 19.2 Å². The molecule has 0 aliphatic rings. The summed E-state index contributed by atoms with van der Waals surface area (Å²) < 4.78 is 0. The average Bonchev–Trinajstić information content (AvgIpc) is 3.14. The van der Waals surface area contributed by atoms with E-state index in [0.29, 0.717) is 4.88 Å². The Kier molecular flexibility index (Phi) is 8.47. The molecule has 0 unspecified atom stereocenters. The molecule has 0 saturated carbocycles. The van der Waals surface area contributed by atoms with E-state index in [-0.39, 0.29) is 55.6 Å².